The van der Waals surface area contributed by atoms with Crippen LogP contribution in [0.4, 0.5) is 0 Å². The van der Waals surface area contributed by atoms with E-state index in [1.54, 1.807) is 6.08 Å². The first-order valence-corrected chi connectivity index (χ1v) is 8.29. The smallest absolute Gasteiger partial charge is 0.262 e. The molecule has 23 heavy (non-hydrogen) atoms. The first-order chi connectivity index (χ1) is 11.1. The SMILES string of the molecule is CCOc1cccc(/C=C(\C#N)C(=O)N[C@@H]2CCCC[C@H]2C)c1. The van der Waals surface area contributed by atoms with Gasteiger partial charge in [-0.2, -0.15) is 5.26 Å². The number of carbonyl (C=O) groups is 1. The van der Waals surface area contributed by atoms with Crippen molar-refractivity contribution in [2.45, 2.75) is 45.6 Å². The van der Waals surface area contributed by atoms with Gasteiger partial charge in [0.15, 0.2) is 0 Å². The maximum atomic E-state index is 12.4. The highest BCUT2D eigenvalue weighted by molar-refractivity contribution is 6.01. The Kier molecular flexibility index (Phi) is 6.22. The van der Waals surface area contributed by atoms with Gasteiger partial charge in [0, 0.05) is 6.04 Å². The predicted octanol–water partition coefficient (Wildman–Crippen LogP) is 3.69. The van der Waals surface area contributed by atoms with Gasteiger partial charge in [-0.15, -0.1) is 0 Å². The van der Waals surface area contributed by atoms with E-state index in [4.69, 9.17) is 4.74 Å². The average Bonchev–Trinajstić information content (AvgIpc) is 2.55. The van der Waals surface area contributed by atoms with E-state index < -0.39 is 0 Å². The minimum Gasteiger partial charge on any atom is -0.494 e. The second kappa shape index (κ2) is 8.38. The molecule has 122 valence electrons. The monoisotopic (exact) mass is 312 g/mol. The molecule has 0 heterocycles. The van der Waals surface area contributed by atoms with Gasteiger partial charge < -0.3 is 10.1 Å². The highest BCUT2D eigenvalue weighted by Gasteiger charge is 2.23. The Bertz CT molecular complexity index is 616. The average molecular weight is 312 g/mol. The highest BCUT2D eigenvalue weighted by Crippen LogP contribution is 2.24. The van der Waals surface area contributed by atoms with E-state index in [2.05, 4.69) is 12.2 Å². The molecule has 1 saturated carbocycles. The fourth-order valence-electron chi connectivity index (χ4n) is 2.95. The first-order valence-electron chi connectivity index (χ1n) is 8.29. The lowest BCUT2D eigenvalue weighted by molar-refractivity contribution is -0.118. The molecular formula is C19H24N2O2. The second-order valence-electron chi connectivity index (χ2n) is 6.02. The lowest BCUT2D eigenvalue weighted by atomic mass is 9.86. The maximum Gasteiger partial charge on any atom is 0.262 e. The van der Waals surface area contributed by atoms with Crippen molar-refractivity contribution in [3.05, 3.63) is 35.4 Å². The zero-order valence-corrected chi connectivity index (χ0v) is 13.8. The third kappa shape index (κ3) is 4.85. The number of ether oxygens (including phenoxy) is 1. The number of amides is 1. The molecule has 4 heteroatoms. The van der Waals surface area contributed by atoms with Gasteiger partial charge in [-0.25, -0.2) is 0 Å². The number of benzene rings is 1. The van der Waals surface area contributed by atoms with Crippen molar-refractivity contribution < 1.29 is 9.53 Å². The third-order valence-electron chi connectivity index (χ3n) is 4.27. The van der Waals surface area contributed by atoms with E-state index in [-0.39, 0.29) is 17.5 Å². The summed E-state index contributed by atoms with van der Waals surface area (Å²) >= 11 is 0. The van der Waals surface area contributed by atoms with Crippen molar-refractivity contribution in [1.82, 2.24) is 5.32 Å². The fraction of sp³-hybridized carbons (Fsp3) is 0.474. The number of nitrogens with zero attached hydrogens (tertiary/aromatic N) is 1. The molecule has 0 unspecified atom stereocenters. The predicted molar refractivity (Wildman–Crippen MR) is 90.8 cm³/mol. The lowest BCUT2D eigenvalue weighted by Gasteiger charge is -2.29. The summed E-state index contributed by atoms with van der Waals surface area (Å²) < 4.78 is 5.45. The Balaban J connectivity index is 2.10. The van der Waals surface area contributed by atoms with Crippen LogP contribution in [-0.2, 0) is 4.79 Å². The van der Waals surface area contributed by atoms with E-state index in [9.17, 15) is 10.1 Å². The van der Waals surface area contributed by atoms with Crippen molar-refractivity contribution in [3.8, 4) is 11.8 Å². The number of rotatable bonds is 5. The summed E-state index contributed by atoms with van der Waals surface area (Å²) in [6, 6.07) is 9.58. The molecule has 2 atom stereocenters. The standard InChI is InChI=1S/C19H24N2O2/c1-3-23-17-9-6-8-15(12-17)11-16(13-20)19(22)21-18-10-5-4-7-14(18)2/h6,8-9,11-12,14,18H,3-5,7,10H2,1-2H3,(H,21,22)/b16-11+/t14-,18-/m1/s1. The molecule has 1 aliphatic rings. The van der Waals surface area contributed by atoms with Gasteiger partial charge in [0.25, 0.3) is 5.91 Å². The summed E-state index contributed by atoms with van der Waals surface area (Å²) in [6.07, 6.45) is 6.10. The molecule has 4 nitrogen and oxygen atoms in total. The lowest BCUT2D eigenvalue weighted by Crippen LogP contribution is -2.41. The topological polar surface area (TPSA) is 62.1 Å². The minimum atomic E-state index is -0.284. The summed E-state index contributed by atoms with van der Waals surface area (Å²) in [5.74, 6) is 0.918. The Hall–Kier alpha value is -2.28. The number of hydrogen-bond donors (Lipinski definition) is 1. The van der Waals surface area contributed by atoms with Crippen LogP contribution in [0.3, 0.4) is 0 Å². The molecular weight excluding hydrogens is 288 g/mol. The normalized spacial score (nSPS) is 21.3. The summed E-state index contributed by atoms with van der Waals surface area (Å²) in [5, 5.41) is 12.3. The van der Waals surface area contributed by atoms with Gasteiger partial charge in [0.2, 0.25) is 0 Å². The summed E-state index contributed by atoms with van der Waals surface area (Å²) in [4.78, 5) is 12.4. The number of carbonyl (C=O) groups excluding carboxylic acids is 1. The van der Waals surface area contributed by atoms with Gasteiger partial charge in [-0.1, -0.05) is 31.9 Å². The summed E-state index contributed by atoms with van der Waals surface area (Å²) in [6.45, 7) is 4.66. The van der Waals surface area contributed by atoms with Crippen LogP contribution in [0.15, 0.2) is 29.8 Å². The third-order valence-corrected chi connectivity index (χ3v) is 4.27. The molecule has 0 spiro atoms. The van der Waals surface area contributed by atoms with Gasteiger partial charge in [-0.05, 0) is 49.5 Å². The largest absolute Gasteiger partial charge is 0.494 e. The summed E-state index contributed by atoms with van der Waals surface area (Å²) in [5.41, 5.74) is 0.927. The molecule has 1 amide bonds. The Morgan fingerprint density at radius 1 is 1.43 bits per heavy atom. The quantitative estimate of drug-likeness (QED) is 0.666. The molecule has 2 rings (SSSR count). The Morgan fingerprint density at radius 3 is 2.91 bits per heavy atom. The molecule has 0 saturated heterocycles. The second-order valence-corrected chi connectivity index (χ2v) is 6.02. The van der Waals surface area contributed by atoms with Crippen LogP contribution in [0.1, 0.15) is 45.1 Å². The molecule has 0 radical (unpaired) electrons. The Labute approximate surface area is 138 Å². The number of hydrogen-bond acceptors (Lipinski definition) is 3. The molecule has 0 aromatic heterocycles. The van der Waals surface area contributed by atoms with Crippen LogP contribution in [-0.4, -0.2) is 18.6 Å². The minimum absolute atomic E-state index is 0.136. The van der Waals surface area contributed by atoms with Crippen LogP contribution in [0.2, 0.25) is 0 Å². The molecule has 1 aliphatic carbocycles. The van der Waals surface area contributed by atoms with Gasteiger partial charge in [-0.3, -0.25) is 4.79 Å². The van der Waals surface area contributed by atoms with Crippen molar-refractivity contribution in [1.29, 1.82) is 5.26 Å². The zero-order chi connectivity index (χ0) is 16.7. The van der Waals surface area contributed by atoms with Gasteiger partial charge in [0.1, 0.15) is 17.4 Å². The molecule has 0 bridgehead atoms. The van der Waals surface area contributed by atoms with E-state index in [0.29, 0.717) is 12.5 Å². The van der Waals surface area contributed by atoms with E-state index in [1.807, 2.05) is 37.3 Å². The molecule has 1 fully saturated rings. The van der Waals surface area contributed by atoms with Gasteiger partial charge >= 0.3 is 0 Å². The van der Waals surface area contributed by atoms with Crippen molar-refractivity contribution in [2.75, 3.05) is 6.61 Å². The molecule has 0 aliphatic heterocycles. The van der Waals surface area contributed by atoms with E-state index >= 15 is 0 Å². The van der Waals surface area contributed by atoms with Crippen LogP contribution < -0.4 is 10.1 Å². The van der Waals surface area contributed by atoms with Crippen molar-refractivity contribution in [2.24, 2.45) is 5.92 Å². The van der Waals surface area contributed by atoms with Crippen LogP contribution in [0.5, 0.6) is 5.75 Å². The summed E-state index contributed by atoms with van der Waals surface area (Å²) in [7, 11) is 0. The van der Waals surface area contributed by atoms with E-state index in [0.717, 1.165) is 30.6 Å². The van der Waals surface area contributed by atoms with E-state index in [1.165, 1.54) is 6.42 Å². The van der Waals surface area contributed by atoms with Crippen molar-refractivity contribution >= 4 is 12.0 Å². The van der Waals surface area contributed by atoms with Crippen molar-refractivity contribution in [3.63, 3.8) is 0 Å². The molecule has 1 N–H and O–H groups in total. The molecule has 1 aromatic carbocycles. The van der Waals surface area contributed by atoms with Crippen LogP contribution in [0, 0.1) is 17.2 Å². The maximum absolute atomic E-state index is 12.4. The zero-order valence-electron chi connectivity index (χ0n) is 13.8. The van der Waals surface area contributed by atoms with Gasteiger partial charge in [0.05, 0.1) is 6.61 Å². The first kappa shape index (κ1) is 17.1. The fourth-order valence-corrected chi connectivity index (χ4v) is 2.95. The molecule has 1 aromatic rings. The number of nitriles is 1. The number of nitrogens with one attached hydrogen (secondary N) is 1. The van der Waals surface area contributed by atoms with Crippen LogP contribution in [0.25, 0.3) is 6.08 Å². The highest BCUT2D eigenvalue weighted by atomic mass is 16.5. The Morgan fingerprint density at radius 2 is 2.22 bits per heavy atom. The van der Waals surface area contributed by atoms with Crippen LogP contribution >= 0.6 is 0 Å².